The van der Waals surface area contributed by atoms with Gasteiger partial charge in [-0.1, -0.05) is 52.3 Å². The Kier molecular flexibility index (Phi) is 6.70. The van der Waals surface area contributed by atoms with Gasteiger partial charge in [-0.15, -0.1) is 0 Å². The lowest BCUT2D eigenvalue weighted by Crippen LogP contribution is -2.28. The van der Waals surface area contributed by atoms with E-state index in [9.17, 15) is 9.90 Å². The molecule has 3 aromatic rings. The third-order valence-corrected chi connectivity index (χ3v) is 5.93. The molecule has 0 aromatic heterocycles. The first kappa shape index (κ1) is 21.6. The molecule has 1 aliphatic rings. The molecule has 2 N–H and O–H groups in total. The highest BCUT2D eigenvalue weighted by atomic mass is 79.9. The van der Waals surface area contributed by atoms with Crippen molar-refractivity contribution in [2.75, 3.05) is 7.11 Å². The number of nitrogens with one attached hydrogen (secondary N) is 1. The van der Waals surface area contributed by atoms with Crippen molar-refractivity contribution in [3.8, 4) is 11.5 Å². The molecule has 31 heavy (non-hydrogen) atoms. The van der Waals surface area contributed by atoms with E-state index < -0.39 is 6.10 Å². The van der Waals surface area contributed by atoms with E-state index in [2.05, 4.69) is 33.4 Å². The highest BCUT2D eigenvalue weighted by Crippen LogP contribution is 2.33. The minimum Gasteiger partial charge on any atom is -0.469 e. The van der Waals surface area contributed by atoms with Gasteiger partial charge in [-0.05, 0) is 47.0 Å². The molecule has 0 radical (unpaired) electrons. The lowest BCUT2D eigenvalue weighted by Gasteiger charge is -2.19. The van der Waals surface area contributed by atoms with E-state index in [-0.39, 0.29) is 18.4 Å². The van der Waals surface area contributed by atoms with E-state index in [4.69, 9.17) is 9.47 Å². The van der Waals surface area contributed by atoms with Gasteiger partial charge in [-0.25, -0.2) is 0 Å². The maximum Gasteiger partial charge on any atom is 0.309 e. The summed E-state index contributed by atoms with van der Waals surface area (Å²) in [7, 11) is 1.38. The van der Waals surface area contributed by atoms with Crippen LogP contribution in [0.1, 0.15) is 28.3 Å². The van der Waals surface area contributed by atoms with Crippen LogP contribution < -0.4 is 10.1 Å². The Hall–Kier alpha value is -2.67. The molecule has 0 saturated carbocycles. The molecule has 2 atom stereocenters. The number of hydrogen-bond acceptors (Lipinski definition) is 5. The van der Waals surface area contributed by atoms with Crippen molar-refractivity contribution in [2.45, 2.75) is 31.5 Å². The van der Waals surface area contributed by atoms with Gasteiger partial charge >= 0.3 is 5.97 Å². The number of methoxy groups -OCH3 is 1. The molecule has 1 aliphatic carbocycles. The van der Waals surface area contributed by atoms with Gasteiger partial charge in [0.15, 0.2) is 0 Å². The third kappa shape index (κ3) is 5.15. The number of aliphatic hydroxyl groups is 1. The van der Waals surface area contributed by atoms with Crippen molar-refractivity contribution in [1.29, 1.82) is 0 Å². The highest BCUT2D eigenvalue weighted by molar-refractivity contribution is 9.10. The normalized spacial score (nSPS) is 17.3. The summed E-state index contributed by atoms with van der Waals surface area (Å²) >= 11 is 3.54. The Bertz CT molecular complexity index is 1080. The quantitative estimate of drug-likeness (QED) is 0.478. The molecular formula is C25H24BrNO4. The van der Waals surface area contributed by atoms with Crippen LogP contribution >= 0.6 is 15.9 Å². The third-order valence-electron chi connectivity index (χ3n) is 5.44. The second-order valence-electron chi connectivity index (χ2n) is 7.58. The molecule has 160 valence electrons. The molecule has 0 heterocycles. The van der Waals surface area contributed by atoms with Crippen LogP contribution in [0.4, 0.5) is 0 Å². The topological polar surface area (TPSA) is 67.8 Å². The molecule has 0 unspecified atom stereocenters. The van der Waals surface area contributed by atoms with E-state index >= 15 is 0 Å². The Balaban J connectivity index is 1.51. The van der Waals surface area contributed by atoms with E-state index in [1.165, 1.54) is 12.7 Å². The molecule has 0 saturated heterocycles. The molecule has 0 bridgehead atoms. The van der Waals surface area contributed by atoms with Gasteiger partial charge in [0.05, 0.1) is 25.7 Å². The van der Waals surface area contributed by atoms with Crippen molar-refractivity contribution in [3.63, 3.8) is 0 Å². The number of hydrogen-bond donors (Lipinski definition) is 2. The van der Waals surface area contributed by atoms with Crippen LogP contribution in [-0.4, -0.2) is 24.3 Å². The number of halogens is 1. The van der Waals surface area contributed by atoms with Gasteiger partial charge in [0.25, 0.3) is 0 Å². The van der Waals surface area contributed by atoms with Crippen molar-refractivity contribution in [2.24, 2.45) is 0 Å². The first-order chi connectivity index (χ1) is 15.0. The predicted molar refractivity (Wildman–Crippen MR) is 122 cm³/mol. The zero-order chi connectivity index (χ0) is 21.8. The van der Waals surface area contributed by atoms with E-state index in [0.29, 0.717) is 24.5 Å². The molecule has 0 fully saturated rings. The maximum atomic E-state index is 11.6. The number of fused-ring (bicyclic) bond motifs is 1. The fraction of sp³-hybridized carbons (Fsp3) is 0.240. The summed E-state index contributed by atoms with van der Waals surface area (Å²) in [6, 6.07) is 21.3. The molecule has 4 rings (SSSR count). The van der Waals surface area contributed by atoms with E-state index in [1.54, 1.807) is 0 Å². The standard InChI is InChI=1S/C25H24BrNO4/c1-30-24(29)12-16-5-4-7-20(11-16)31-23-10-9-19(26)13-18(23)15-27-25-21-8-3-2-6-17(21)14-22(25)28/h2-11,13,22,25,27-28H,12,14-15H2,1H3/t22-,25+/m0/s1. The predicted octanol–water partition coefficient (Wildman–Crippen LogP) is 4.70. The number of esters is 1. The van der Waals surface area contributed by atoms with Crippen LogP contribution in [0.25, 0.3) is 0 Å². The fourth-order valence-electron chi connectivity index (χ4n) is 3.91. The van der Waals surface area contributed by atoms with Gasteiger partial charge < -0.3 is 19.9 Å². The first-order valence-corrected chi connectivity index (χ1v) is 10.9. The Morgan fingerprint density at radius 3 is 2.81 bits per heavy atom. The van der Waals surface area contributed by atoms with Gasteiger partial charge in [-0.3, -0.25) is 4.79 Å². The van der Waals surface area contributed by atoms with Crippen LogP contribution in [0, 0.1) is 0 Å². The summed E-state index contributed by atoms with van der Waals surface area (Å²) in [6.45, 7) is 0.534. The average Bonchev–Trinajstić information content (AvgIpc) is 3.09. The van der Waals surface area contributed by atoms with E-state index in [1.807, 2.05) is 54.6 Å². The lowest BCUT2D eigenvalue weighted by molar-refractivity contribution is -0.139. The minimum atomic E-state index is -0.455. The molecule has 6 heteroatoms. The molecule has 0 aliphatic heterocycles. The van der Waals surface area contributed by atoms with E-state index in [0.717, 1.165) is 21.2 Å². The van der Waals surface area contributed by atoms with Crippen LogP contribution in [0.3, 0.4) is 0 Å². The number of aliphatic hydroxyl groups excluding tert-OH is 1. The Morgan fingerprint density at radius 1 is 1.13 bits per heavy atom. The minimum absolute atomic E-state index is 0.119. The van der Waals surface area contributed by atoms with Crippen LogP contribution in [-0.2, 0) is 28.9 Å². The average molecular weight is 482 g/mol. The lowest BCUT2D eigenvalue weighted by atomic mass is 10.1. The maximum absolute atomic E-state index is 11.6. The largest absolute Gasteiger partial charge is 0.469 e. The summed E-state index contributed by atoms with van der Waals surface area (Å²) in [5.41, 5.74) is 4.11. The number of carbonyl (C=O) groups excluding carboxylic acids is 1. The van der Waals surface area contributed by atoms with Gasteiger partial charge in [0.2, 0.25) is 0 Å². The summed E-state index contributed by atoms with van der Waals surface area (Å²) in [5, 5.41) is 14.0. The van der Waals surface area contributed by atoms with Crippen molar-refractivity contribution in [3.05, 3.63) is 93.5 Å². The number of rotatable bonds is 7. The molecule has 0 spiro atoms. The summed E-state index contributed by atoms with van der Waals surface area (Å²) in [4.78, 5) is 11.6. The van der Waals surface area contributed by atoms with Gasteiger partial charge in [0.1, 0.15) is 11.5 Å². The number of ether oxygens (including phenoxy) is 2. The second-order valence-corrected chi connectivity index (χ2v) is 8.50. The highest BCUT2D eigenvalue weighted by Gasteiger charge is 2.30. The molecule has 5 nitrogen and oxygen atoms in total. The molecular weight excluding hydrogens is 458 g/mol. The number of carbonyl (C=O) groups is 1. The first-order valence-electron chi connectivity index (χ1n) is 10.1. The SMILES string of the molecule is COC(=O)Cc1cccc(Oc2ccc(Br)cc2CN[C@@H]2c3ccccc3C[C@@H]2O)c1. The Labute approximate surface area is 190 Å². The molecule has 0 amide bonds. The number of benzene rings is 3. The zero-order valence-corrected chi connectivity index (χ0v) is 18.8. The fourth-order valence-corrected chi connectivity index (χ4v) is 4.32. The van der Waals surface area contributed by atoms with Crippen molar-refractivity contribution in [1.82, 2.24) is 5.32 Å². The summed E-state index contributed by atoms with van der Waals surface area (Å²) in [5.74, 6) is 1.07. The van der Waals surface area contributed by atoms with Crippen molar-refractivity contribution < 1.29 is 19.4 Å². The van der Waals surface area contributed by atoms with Crippen molar-refractivity contribution >= 4 is 21.9 Å². The summed E-state index contributed by atoms with van der Waals surface area (Å²) < 4.78 is 11.8. The monoisotopic (exact) mass is 481 g/mol. The van der Waals surface area contributed by atoms with Crippen LogP contribution in [0.15, 0.2) is 71.2 Å². The smallest absolute Gasteiger partial charge is 0.309 e. The van der Waals surface area contributed by atoms with Gasteiger partial charge in [-0.2, -0.15) is 0 Å². The van der Waals surface area contributed by atoms with Crippen LogP contribution in [0.2, 0.25) is 0 Å². The molecule has 3 aromatic carbocycles. The van der Waals surface area contributed by atoms with Gasteiger partial charge in [0, 0.05) is 23.0 Å². The Morgan fingerprint density at radius 2 is 1.97 bits per heavy atom. The second kappa shape index (κ2) is 9.64. The zero-order valence-electron chi connectivity index (χ0n) is 17.2. The summed E-state index contributed by atoms with van der Waals surface area (Å²) in [6.07, 6.45) is 0.397. The van der Waals surface area contributed by atoms with Crippen LogP contribution in [0.5, 0.6) is 11.5 Å².